The number of carbonyl (C=O) groups excluding carboxylic acids is 1. The molecule has 0 amide bonds. The van der Waals surface area contributed by atoms with Gasteiger partial charge in [0.25, 0.3) is 0 Å². The minimum atomic E-state index is -0.537. The van der Waals surface area contributed by atoms with Gasteiger partial charge in [0.05, 0.1) is 24.8 Å². The lowest BCUT2D eigenvalue weighted by Crippen LogP contribution is -2.20. The second-order valence-electron chi connectivity index (χ2n) is 7.57. The fraction of sp³-hybridized carbons (Fsp3) is 0.292. The number of nitrogens with two attached hydrogens (primary N) is 1. The Balaban J connectivity index is 1.75. The van der Waals surface area contributed by atoms with Crippen LogP contribution in [0.5, 0.6) is 5.75 Å². The van der Waals surface area contributed by atoms with Crippen LogP contribution in [0.3, 0.4) is 0 Å². The standard InChI is InChI=1S/C24H26N4O4/c1-15(14-30-2)32-24(29)20-21-23(27-19-7-5-4-6-18(19)26-21)28(22(20)25)13-12-16-8-10-17(31-3)11-9-16/h4-11,15H,12-14,25H2,1-3H3/t15-/m0/s1. The lowest BCUT2D eigenvalue weighted by atomic mass is 10.1. The summed E-state index contributed by atoms with van der Waals surface area (Å²) in [4.78, 5) is 22.5. The highest BCUT2D eigenvalue weighted by Gasteiger charge is 2.26. The van der Waals surface area contributed by atoms with E-state index in [1.807, 2.05) is 53.1 Å². The molecule has 8 nitrogen and oxygen atoms in total. The van der Waals surface area contributed by atoms with E-state index in [1.54, 1.807) is 21.1 Å². The molecular weight excluding hydrogens is 408 g/mol. The highest BCUT2D eigenvalue weighted by atomic mass is 16.6. The average molecular weight is 434 g/mol. The van der Waals surface area contributed by atoms with Gasteiger partial charge < -0.3 is 24.5 Å². The number of hydrogen-bond donors (Lipinski definition) is 1. The molecular formula is C24H26N4O4. The zero-order valence-corrected chi connectivity index (χ0v) is 18.4. The molecule has 4 aromatic rings. The molecule has 8 heteroatoms. The van der Waals surface area contributed by atoms with Crippen molar-refractivity contribution in [3.63, 3.8) is 0 Å². The summed E-state index contributed by atoms with van der Waals surface area (Å²) < 4.78 is 17.7. The first kappa shape index (κ1) is 21.6. The molecule has 32 heavy (non-hydrogen) atoms. The molecule has 0 fully saturated rings. The van der Waals surface area contributed by atoms with Crippen molar-refractivity contribution in [2.24, 2.45) is 0 Å². The minimum absolute atomic E-state index is 0.232. The number of para-hydroxylation sites is 2. The summed E-state index contributed by atoms with van der Waals surface area (Å²) in [5, 5.41) is 0. The number of ether oxygens (including phenoxy) is 3. The maximum atomic E-state index is 13.0. The molecule has 0 aliphatic carbocycles. The molecule has 0 unspecified atom stereocenters. The average Bonchev–Trinajstić information content (AvgIpc) is 3.06. The summed E-state index contributed by atoms with van der Waals surface area (Å²) in [7, 11) is 3.19. The number of hydrogen-bond acceptors (Lipinski definition) is 7. The van der Waals surface area contributed by atoms with Crippen LogP contribution in [0.2, 0.25) is 0 Å². The number of nitrogen functional groups attached to an aromatic ring is 1. The van der Waals surface area contributed by atoms with Crippen LogP contribution in [0, 0.1) is 0 Å². The zero-order chi connectivity index (χ0) is 22.7. The third kappa shape index (κ3) is 4.22. The molecule has 2 heterocycles. The van der Waals surface area contributed by atoms with E-state index < -0.39 is 12.1 Å². The van der Waals surface area contributed by atoms with Gasteiger partial charge in [-0.2, -0.15) is 0 Å². The zero-order valence-electron chi connectivity index (χ0n) is 18.4. The summed E-state index contributed by atoms with van der Waals surface area (Å²) in [6.07, 6.45) is 0.277. The lowest BCUT2D eigenvalue weighted by molar-refractivity contribution is 0.0123. The topological polar surface area (TPSA) is 101 Å². The molecule has 0 bridgehead atoms. The van der Waals surface area contributed by atoms with Crippen LogP contribution >= 0.6 is 0 Å². The van der Waals surface area contributed by atoms with Crippen LogP contribution in [0.1, 0.15) is 22.8 Å². The first-order valence-electron chi connectivity index (χ1n) is 10.4. The number of aryl methyl sites for hydroxylation is 2. The van der Waals surface area contributed by atoms with Gasteiger partial charge in [0, 0.05) is 13.7 Å². The number of aromatic nitrogens is 3. The van der Waals surface area contributed by atoms with E-state index in [9.17, 15) is 4.79 Å². The molecule has 0 saturated carbocycles. The second-order valence-corrected chi connectivity index (χ2v) is 7.57. The Labute approximate surface area is 185 Å². The molecule has 4 rings (SSSR count). The van der Waals surface area contributed by atoms with Gasteiger partial charge in [-0.3, -0.25) is 0 Å². The normalized spacial score (nSPS) is 12.2. The third-order valence-electron chi connectivity index (χ3n) is 5.29. The SMILES string of the molecule is COC[C@H](C)OC(=O)c1c(N)n(CCc2ccc(OC)cc2)c2nc3ccccc3nc12. The van der Waals surface area contributed by atoms with Gasteiger partial charge in [0.15, 0.2) is 5.65 Å². The molecule has 1 atom stereocenters. The third-order valence-corrected chi connectivity index (χ3v) is 5.29. The molecule has 0 radical (unpaired) electrons. The van der Waals surface area contributed by atoms with E-state index in [0.717, 1.165) is 16.8 Å². The molecule has 2 aromatic carbocycles. The molecule has 0 aliphatic rings. The monoisotopic (exact) mass is 434 g/mol. The Bertz CT molecular complexity index is 1250. The van der Waals surface area contributed by atoms with Crippen LogP contribution in [-0.2, 0) is 22.4 Å². The van der Waals surface area contributed by atoms with E-state index in [-0.39, 0.29) is 12.2 Å². The van der Waals surface area contributed by atoms with Crippen molar-refractivity contribution < 1.29 is 19.0 Å². The minimum Gasteiger partial charge on any atom is -0.497 e. The van der Waals surface area contributed by atoms with Crippen LogP contribution in [0.15, 0.2) is 48.5 Å². The quantitative estimate of drug-likeness (QED) is 0.423. The number of benzene rings is 2. The number of fused-ring (bicyclic) bond motifs is 2. The molecule has 0 saturated heterocycles. The Morgan fingerprint density at radius 2 is 1.75 bits per heavy atom. The molecule has 166 valence electrons. The molecule has 2 aromatic heterocycles. The Kier molecular flexibility index (Phi) is 6.23. The predicted octanol–water partition coefficient (Wildman–Crippen LogP) is 3.61. The largest absolute Gasteiger partial charge is 0.497 e. The number of methoxy groups -OCH3 is 2. The van der Waals surface area contributed by atoms with Crippen molar-refractivity contribution in [3.05, 3.63) is 59.7 Å². The number of carbonyl (C=O) groups is 1. The van der Waals surface area contributed by atoms with Gasteiger partial charge in [-0.05, 0) is 43.2 Å². The highest BCUT2D eigenvalue weighted by Crippen LogP contribution is 2.29. The number of nitrogens with zero attached hydrogens (tertiary/aromatic N) is 3. The molecule has 2 N–H and O–H groups in total. The Morgan fingerprint density at radius 3 is 2.41 bits per heavy atom. The summed E-state index contributed by atoms with van der Waals surface area (Å²) >= 11 is 0. The van der Waals surface area contributed by atoms with Crippen molar-refractivity contribution in [1.82, 2.24) is 14.5 Å². The van der Waals surface area contributed by atoms with E-state index in [2.05, 4.69) is 0 Å². The van der Waals surface area contributed by atoms with Crippen LogP contribution < -0.4 is 10.5 Å². The van der Waals surface area contributed by atoms with Crippen LogP contribution in [0.25, 0.3) is 22.2 Å². The Morgan fingerprint density at radius 1 is 1.06 bits per heavy atom. The predicted molar refractivity (Wildman–Crippen MR) is 123 cm³/mol. The fourth-order valence-electron chi connectivity index (χ4n) is 3.69. The molecule has 0 spiro atoms. The fourth-order valence-corrected chi connectivity index (χ4v) is 3.69. The van der Waals surface area contributed by atoms with Crippen molar-refractivity contribution >= 4 is 34.0 Å². The first-order valence-corrected chi connectivity index (χ1v) is 10.4. The smallest absolute Gasteiger partial charge is 0.344 e. The molecule has 0 aliphatic heterocycles. The van der Waals surface area contributed by atoms with Crippen molar-refractivity contribution in [3.8, 4) is 5.75 Å². The highest BCUT2D eigenvalue weighted by molar-refractivity contribution is 6.08. The maximum Gasteiger partial charge on any atom is 0.344 e. The summed E-state index contributed by atoms with van der Waals surface area (Å²) in [5.74, 6) is 0.551. The van der Waals surface area contributed by atoms with E-state index in [0.29, 0.717) is 35.5 Å². The van der Waals surface area contributed by atoms with Crippen molar-refractivity contribution in [1.29, 1.82) is 0 Å². The second kappa shape index (κ2) is 9.23. The number of esters is 1. The van der Waals surface area contributed by atoms with Gasteiger partial charge in [-0.1, -0.05) is 24.3 Å². The van der Waals surface area contributed by atoms with Crippen LogP contribution in [-0.4, -0.2) is 47.4 Å². The summed E-state index contributed by atoms with van der Waals surface area (Å²) in [5.41, 5.74) is 10.2. The van der Waals surface area contributed by atoms with Gasteiger partial charge in [0.2, 0.25) is 0 Å². The Hall–Kier alpha value is -3.65. The first-order chi connectivity index (χ1) is 15.5. The number of anilines is 1. The lowest BCUT2D eigenvalue weighted by Gasteiger charge is -2.12. The maximum absolute atomic E-state index is 13.0. The van der Waals surface area contributed by atoms with Gasteiger partial charge in [0.1, 0.15) is 28.8 Å². The van der Waals surface area contributed by atoms with Gasteiger partial charge in [-0.25, -0.2) is 14.8 Å². The number of rotatable bonds is 8. The van der Waals surface area contributed by atoms with Gasteiger partial charge in [-0.15, -0.1) is 0 Å². The van der Waals surface area contributed by atoms with E-state index in [1.165, 1.54) is 0 Å². The van der Waals surface area contributed by atoms with Crippen molar-refractivity contribution in [2.75, 3.05) is 26.6 Å². The van der Waals surface area contributed by atoms with Gasteiger partial charge >= 0.3 is 5.97 Å². The summed E-state index contributed by atoms with van der Waals surface area (Å²) in [6.45, 7) is 2.58. The van der Waals surface area contributed by atoms with Crippen molar-refractivity contribution in [2.45, 2.75) is 26.0 Å². The van der Waals surface area contributed by atoms with E-state index in [4.69, 9.17) is 29.9 Å². The van der Waals surface area contributed by atoms with Crippen LogP contribution in [0.4, 0.5) is 5.82 Å². The summed E-state index contributed by atoms with van der Waals surface area (Å²) in [6, 6.07) is 15.4. The van der Waals surface area contributed by atoms with E-state index >= 15 is 0 Å².